The average molecular weight is 544 g/mol. The van der Waals surface area contributed by atoms with E-state index in [9.17, 15) is 13.5 Å². The molecule has 1 aliphatic heterocycles. The lowest BCUT2D eigenvalue weighted by Crippen LogP contribution is -2.45. The van der Waals surface area contributed by atoms with Crippen LogP contribution in [0.1, 0.15) is 12.8 Å². The van der Waals surface area contributed by atoms with Crippen LogP contribution in [-0.2, 0) is 14.8 Å². The van der Waals surface area contributed by atoms with Crippen molar-refractivity contribution in [2.24, 2.45) is 4.99 Å². The summed E-state index contributed by atoms with van der Waals surface area (Å²) in [5.74, 6) is -0.662. The number of benzene rings is 2. The molecule has 0 aromatic heterocycles. The van der Waals surface area contributed by atoms with Gasteiger partial charge in [0.05, 0.1) is 16.4 Å². The Hall–Kier alpha value is -2.40. The number of methoxy groups -OCH3 is 1. The number of halogens is 2. The Labute approximate surface area is 199 Å². The number of nitrogens with zero attached hydrogens (tertiary/aromatic N) is 3. The lowest BCUT2D eigenvalue weighted by atomic mass is 10.3. The molecule has 1 atom stereocenters. The summed E-state index contributed by atoms with van der Waals surface area (Å²) in [7, 11) is -2.76. The monoisotopic (exact) mass is 542 g/mol. The molecule has 13 heteroatoms. The number of anilines is 1. The molecule has 1 aliphatic rings. The molecule has 10 nitrogen and oxygen atoms in total. The smallest absolute Gasteiger partial charge is 0.258 e. The summed E-state index contributed by atoms with van der Waals surface area (Å²) >= 11 is 9.49. The second-order valence-corrected chi connectivity index (χ2v) is 9.53. The number of hydrogen-bond acceptors (Lipinski definition) is 7. The van der Waals surface area contributed by atoms with Gasteiger partial charge in [-0.15, -0.1) is 4.83 Å². The van der Waals surface area contributed by atoms with Crippen molar-refractivity contribution in [3.8, 4) is 11.9 Å². The molecule has 0 saturated carbocycles. The van der Waals surface area contributed by atoms with Crippen LogP contribution in [0.2, 0.25) is 5.02 Å². The van der Waals surface area contributed by atoms with Crippen molar-refractivity contribution >= 4 is 54.9 Å². The van der Waals surface area contributed by atoms with E-state index in [2.05, 4.69) is 36.4 Å². The SMILES string of the molecule is COC1CCCN1NS(=O)(=O)c1c(Cl)ccc(NC(=Nc2ccccc2Br)NC#N)c1O. The zero-order valence-corrected chi connectivity index (χ0v) is 20.0. The van der Waals surface area contributed by atoms with E-state index in [-0.39, 0.29) is 16.7 Å². The van der Waals surface area contributed by atoms with Crippen molar-refractivity contribution in [3.63, 3.8) is 0 Å². The highest BCUT2D eigenvalue weighted by atomic mass is 79.9. The second-order valence-electron chi connectivity index (χ2n) is 6.67. The first kappa shape index (κ1) is 24.2. The summed E-state index contributed by atoms with van der Waals surface area (Å²) in [6, 6.07) is 9.73. The maximum absolute atomic E-state index is 13.0. The number of hydrazine groups is 1. The molecule has 0 aliphatic carbocycles. The van der Waals surface area contributed by atoms with Gasteiger partial charge in [0, 0.05) is 18.1 Å². The van der Waals surface area contributed by atoms with E-state index in [4.69, 9.17) is 21.6 Å². The minimum Gasteiger partial charge on any atom is -0.504 e. The summed E-state index contributed by atoms with van der Waals surface area (Å²) < 4.78 is 32.0. The lowest BCUT2D eigenvalue weighted by Gasteiger charge is -2.24. The summed E-state index contributed by atoms with van der Waals surface area (Å²) in [5.41, 5.74) is 0.480. The highest BCUT2D eigenvalue weighted by molar-refractivity contribution is 9.10. The number of aromatic hydroxyl groups is 1. The van der Waals surface area contributed by atoms with Gasteiger partial charge in [-0.25, -0.2) is 18.4 Å². The highest BCUT2D eigenvalue weighted by Crippen LogP contribution is 2.37. The first-order chi connectivity index (χ1) is 15.3. The molecule has 1 saturated heterocycles. The highest BCUT2D eigenvalue weighted by Gasteiger charge is 2.32. The molecule has 0 spiro atoms. The Balaban J connectivity index is 1.94. The lowest BCUT2D eigenvalue weighted by molar-refractivity contribution is -0.0163. The van der Waals surface area contributed by atoms with Gasteiger partial charge < -0.3 is 15.2 Å². The van der Waals surface area contributed by atoms with Crippen molar-refractivity contribution in [2.45, 2.75) is 24.0 Å². The van der Waals surface area contributed by atoms with E-state index in [1.165, 1.54) is 24.3 Å². The average Bonchev–Trinajstić information content (AvgIpc) is 3.18. The van der Waals surface area contributed by atoms with Gasteiger partial charge in [-0.3, -0.25) is 5.32 Å². The van der Waals surface area contributed by atoms with Crippen LogP contribution in [0.4, 0.5) is 11.4 Å². The maximum atomic E-state index is 13.0. The van der Waals surface area contributed by atoms with Gasteiger partial charge in [-0.05, 0) is 53.0 Å². The van der Waals surface area contributed by atoms with E-state index in [1.807, 2.05) is 0 Å². The Morgan fingerprint density at radius 2 is 2.12 bits per heavy atom. The van der Waals surface area contributed by atoms with Crippen LogP contribution in [-0.4, -0.2) is 44.4 Å². The number of ether oxygens (including phenoxy) is 1. The molecular weight excluding hydrogens is 524 g/mol. The van der Waals surface area contributed by atoms with E-state index in [0.717, 1.165) is 6.42 Å². The van der Waals surface area contributed by atoms with Crippen molar-refractivity contribution in [1.29, 1.82) is 5.26 Å². The molecule has 1 unspecified atom stereocenters. The predicted octanol–water partition coefficient (Wildman–Crippen LogP) is 3.24. The topological polar surface area (TPSA) is 139 Å². The number of phenolic OH excluding ortho intramolecular Hbond substituents is 1. The number of nitriles is 1. The zero-order chi connectivity index (χ0) is 23.3. The number of aliphatic imine (C=N–C) groups is 1. The number of nitrogens with one attached hydrogen (secondary N) is 3. The van der Waals surface area contributed by atoms with Crippen molar-refractivity contribution in [2.75, 3.05) is 19.0 Å². The van der Waals surface area contributed by atoms with Crippen LogP contribution in [0.15, 0.2) is 50.8 Å². The number of sulfonamides is 1. The van der Waals surface area contributed by atoms with Crippen LogP contribution in [0.25, 0.3) is 0 Å². The van der Waals surface area contributed by atoms with E-state index in [1.54, 1.807) is 30.5 Å². The maximum Gasteiger partial charge on any atom is 0.258 e. The van der Waals surface area contributed by atoms with E-state index < -0.39 is 26.9 Å². The van der Waals surface area contributed by atoms with Gasteiger partial charge in [0.25, 0.3) is 10.0 Å². The minimum absolute atomic E-state index is 0.0203. The van der Waals surface area contributed by atoms with Gasteiger partial charge in [-0.2, -0.15) is 5.26 Å². The molecule has 2 aromatic rings. The molecule has 0 bridgehead atoms. The van der Waals surface area contributed by atoms with Crippen LogP contribution in [0, 0.1) is 11.5 Å². The second kappa shape index (κ2) is 10.5. The van der Waals surface area contributed by atoms with Gasteiger partial charge in [-0.1, -0.05) is 23.7 Å². The quantitative estimate of drug-likeness (QED) is 0.143. The van der Waals surface area contributed by atoms with Gasteiger partial charge >= 0.3 is 0 Å². The third kappa shape index (κ3) is 5.50. The Morgan fingerprint density at radius 1 is 1.38 bits per heavy atom. The standard InChI is InChI=1S/C19H20BrClN6O4S/c1-31-16-7-4-10-27(16)26-32(29,30)18-13(21)8-9-15(17(18)28)25-19(23-11-22)24-14-6-3-2-5-12(14)20/h2-3,5-6,8-9,16,26,28H,4,7,10H2,1H3,(H2,23,24,25). The Kier molecular flexibility index (Phi) is 7.94. The molecule has 2 aromatic carbocycles. The molecule has 1 fully saturated rings. The van der Waals surface area contributed by atoms with Gasteiger partial charge in [0.1, 0.15) is 11.1 Å². The summed E-state index contributed by atoms with van der Waals surface area (Å²) in [4.78, 5) is 6.19. The van der Waals surface area contributed by atoms with Crippen molar-refractivity contribution < 1.29 is 18.3 Å². The van der Waals surface area contributed by atoms with Gasteiger partial charge in [0.15, 0.2) is 11.9 Å². The Bertz CT molecular complexity index is 1170. The molecule has 1 heterocycles. The molecule has 4 N–H and O–H groups in total. The third-order valence-electron chi connectivity index (χ3n) is 4.57. The number of guanidine groups is 1. The molecule has 3 rings (SSSR count). The third-order valence-corrected chi connectivity index (χ3v) is 7.09. The van der Waals surface area contributed by atoms with Crippen LogP contribution in [0.3, 0.4) is 0 Å². The first-order valence-electron chi connectivity index (χ1n) is 9.35. The molecule has 0 amide bonds. The van der Waals surface area contributed by atoms with Crippen LogP contribution in [0.5, 0.6) is 5.75 Å². The fourth-order valence-electron chi connectivity index (χ4n) is 3.12. The largest absolute Gasteiger partial charge is 0.504 e. The van der Waals surface area contributed by atoms with E-state index in [0.29, 0.717) is 23.1 Å². The number of hydrogen-bond donors (Lipinski definition) is 4. The number of phenols is 1. The normalized spacial score (nSPS) is 17.2. The summed E-state index contributed by atoms with van der Waals surface area (Å²) in [6.07, 6.45) is 2.73. The molecule has 0 radical (unpaired) electrons. The van der Waals surface area contributed by atoms with Crippen LogP contribution >= 0.6 is 27.5 Å². The fourth-order valence-corrected chi connectivity index (χ4v) is 5.25. The summed E-state index contributed by atoms with van der Waals surface area (Å²) in [6.45, 7) is 0.447. The Morgan fingerprint density at radius 3 is 2.81 bits per heavy atom. The molecular formula is C19H20BrClN6O4S. The predicted molar refractivity (Wildman–Crippen MR) is 124 cm³/mol. The van der Waals surface area contributed by atoms with Crippen LogP contribution < -0.4 is 15.5 Å². The summed E-state index contributed by atoms with van der Waals surface area (Å²) in [5, 5.41) is 26.2. The van der Waals surface area contributed by atoms with Gasteiger partial charge in [0.2, 0.25) is 5.96 Å². The van der Waals surface area contributed by atoms with Crippen molar-refractivity contribution in [3.05, 3.63) is 45.9 Å². The number of rotatable bonds is 6. The minimum atomic E-state index is -4.24. The molecule has 32 heavy (non-hydrogen) atoms. The van der Waals surface area contributed by atoms with E-state index >= 15 is 0 Å². The number of para-hydroxylation sites is 1. The fraction of sp³-hybridized carbons (Fsp3) is 0.263. The molecule has 170 valence electrons. The zero-order valence-electron chi connectivity index (χ0n) is 16.8. The first-order valence-corrected chi connectivity index (χ1v) is 12.0. The van der Waals surface area contributed by atoms with Crippen molar-refractivity contribution in [1.82, 2.24) is 15.2 Å².